The molecule has 0 aromatic rings. The summed E-state index contributed by atoms with van der Waals surface area (Å²) in [5.41, 5.74) is 15.3. The summed E-state index contributed by atoms with van der Waals surface area (Å²) in [6, 6.07) is -1.87. The SMILES string of the molecule is C[C@@H](O)[C@H](N)C(=O)O.NCCCC[C@H](N)C(=O)O.O=C[C@H](O)[C@@H](O)[C@H](O)[C@H](O)CO. The van der Waals surface area contributed by atoms with Gasteiger partial charge in [0.2, 0.25) is 0 Å². The highest BCUT2D eigenvalue weighted by atomic mass is 16.4. The molecule has 14 N–H and O–H groups in total. The lowest BCUT2D eigenvalue weighted by Gasteiger charge is -2.22. The van der Waals surface area contributed by atoms with Gasteiger partial charge in [0.1, 0.15) is 36.5 Å². The average Bonchev–Trinajstić information content (AvgIpc) is 2.71. The van der Waals surface area contributed by atoms with Crippen molar-refractivity contribution in [1.82, 2.24) is 0 Å². The second-order valence-electron chi connectivity index (χ2n) is 6.19. The number of nitrogens with two attached hydrogens (primary N) is 3. The number of aliphatic hydroxyl groups excluding tert-OH is 6. The molecule has 0 amide bonds. The lowest BCUT2D eigenvalue weighted by molar-refractivity contribution is -0.141. The first-order valence-electron chi connectivity index (χ1n) is 8.91. The van der Waals surface area contributed by atoms with Crippen LogP contribution in [0.25, 0.3) is 0 Å². The maximum Gasteiger partial charge on any atom is 0.323 e. The smallest absolute Gasteiger partial charge is 0.323 e. The quantitative estimate of drug-likeness (QED) is 0.0989. The lowest BCUT2D eigenvalue weighted by atomic mass is 10.0. The topological polar surface area (TPSA) is 291 Å². The number of carboxylic acid groups (broad SMARTS) is 2. The molecule has 0 bridgehead atoms. The summed E-state index contributed by atoms with van der Waals surface area (Å²) in [5.74, 6) is -2.11. The van der Waals surface area contributed by atoms with Crippen molar-refractivity contribution in [3.05, 3.63) is 0 Å². The minimum Gasteiger partial charge on any atom is -0.480 e. The number of aldehydes is 1. The van der Waals surface area contributed by atoms with Crippen LogP contribution in [0.1, 0.15) is 26.2 Å². The van der Waals surface area contributed by atoms with E-state index < -0.39 is 61.1 Å². The molecule has 0 unspecified atom stereocenters. The largest absolute Gasteiger partial charge is 0.480 e. The molecule has 7 atom stereocenters. The monoisotopic (exact) mass is 445 g/mol. The number of carboxylic acids is 2. The molecule has 30 heavy (non-hydrogen) atoms. The second kappa shape index (κ2) is 19.2. The average molecular weight is 445 g/mol. The Bertz CT molecular complexity index is 468. The zero-order valence-electron chi connectivity index (χ0n) is 16.7. The van der Waals surface area contributed by atoms with Crippen LogP contribution in [0.2, 0.25) is 0 Å². The Morgan fingerprint density at radius 2 is 1.43 bits per heavy atom. The zero-order valence-corrected chi connectivity index (χ0v) is 16.7. The van der Waals surface area contributed by atoms with E-state index in [2.05, 4.69) is 0 Å². The number of aliphatic hydroxyl groups is 6. The van der Waals surface area contributed by atoms with Crippen LogP contribution in [0.5, 0.6) is 0 Å². The molecule has 0 aromatic heterocycles. The molecule has 0 heterocycles. The fraction of sp³-hybridized carbons (Fsp3) is 0.812. The van der Waals surface area contributed by atoms with E-state index in [0.717, 1.165) is 12.8 Å². The van der Waals surface area contributed by atoms with Crippen LogP contribution in [-0.2, 0) is 14.4 Å². The van der Waals surface area contributed by atoms with Crippen molar-refractivity contribution in [1.29, 1.82) is 0 Å². The Hall–Kier alpha value is -1.75. The summed E-state index contributed by atoms with van der Waals surface area (Å²) in [6.45, 7) is 1.18. The van der Waals surface area contributed by atoms with Gasteiger partial charge in [0, 0.05) is 0 Å². The normalized spacial score (nSPS) is 17.4. The highest BCUT2D eigenvalue weighted by molar-refractivity contribution is 5.73. The van der Waals surface area contributed by atoms with Crippen molar-refractivity contribution in [3.8, 4) is 0 Å². The number of rotatable bonds is 12. The van der Waals surface area contributed by atoms with Crippen LogP contribution in [0.4, 0.5) is 0 Å². The van der Waals surface area contributed by atoms with Crippen LogP contribution in [0.15, 0.2) is 0 Å². The van der Waals surface area contributed by atoms with Crippen molar-refractivity contribution in [2.24, 2.45) is 17.2 Å². The van der Waals surface area contributed by atoms with E-state index in [0.29, 0.717) is 13.0 Å². The maximum absolute atomic E-state index is 10.1. The van der Waals surface area contributed by atoms with Crippen LogP contribution in [0.3, 0.4) is 0 Å². The van der Waals surface area contributed by atoms with Crippen LogP contribution >= 0.6 is 0 Å². The van der Waals surface area contributed by atoms with Gasteiger partial charge in [-0.1, -0.05) is 6.42 Å². The van der Waals surface area contributed by atoms with Gasteiger partial charge in [0.05, 0.1) is 12.7 Å². The lowest BCUT2D eigenvalue weighted by Crippen LogP contribution is -2.46. The molecule has 180 valence electrons. The summed E-state index contributed by atoms with van der Waals surface area (Å²) in [4.78, 5) is 29.9. The van der Waals surface area contributed by atoms with E-state index in [-0.39, 0.29) is 6.29 Å². The number of carbonyl (C=O) groups is 3. The summed E-state index contributed by atoms with van der Waals surface area (Å²) in [6.07, 6.45) is -5.65. The zero-order chi connectivity index (χ0) is 24.4. The fourth-order valence-corrected chi connectivity index (χ4v) is 1.46. The van der Waals surface area contributed by atoms with Crippen LogP contribution < -0.4 is 17.2 Å². The Morgan fingerprint density at radius 1 is 0.933 bits per heavy atom. The molecule has 0 rings (SSSR count). The molecule has 0 aromatic carbocycles. The minimum absolute atomic E-state index is 0.0258. The molecule has 0 aliphatic carbocycles. The van der Waals surface area contributed by atoms with Gasteiger partial charge in [-0.25, -0.2) is 0 Å². The van der Waals surface area contributed by atoms with Gasteiger partial charge in [-0.3, -0.25) is 9.59 Å². The van der Waals surface area contributed by atoms with Crippen molar-refractivity contribution in [3.63, 3.8) is 0 Å². The summed E-state index contributed by atoms with van der Waals surface area (Å²) in [7, 11) is 0. The van der Waals surface area contributed by atoms with E-state index in [1.165, 1.54) is 6.92 Å². The highest BCUT2D eigenvalue weighted by Crippen LogP contribution is 2.03. The first-order valence-corrected chi connectivity index (χ1v) is 8.91. The van der Waals surface area contributed by atoms with Crippen molar-refractivity contribution >= 4 is 18.2 Å². The number of aliphatic carboxylic acids is 2. The van der Waals surface area contributed by atoms with Crippen molar-refractivity contribution in [2.45, 2.75) is 68.8 Å². The van der Waals surface area contributed by atoms with Gasteiger partial charge in [-0.15, -0.1) is 0 Å². The summed E-state index contributed by atoms with van der Waals surface area (Å²) in [5, 5.41) is 68.4. The molecule has 0 radical (unpaired) electrons. The fourth-order valence-electron chi connectivity index (χ4n) is 1.46. The summed E-state index contributed by atoms with van der Waals surface area (Å²) < 4.78 is 0. The molecular formula is C16H35N3O11. The first-order chi connectivity index (χ1) is 13.8. The number of hydrogen-bond acceptors (Lipinski definition) is 12. The molecule has 14 nitrogen and oxygen atoms in total. The summed E-state index contributed by atoms with van der Waals surface area (Å²) >= 11 is 0. The van der Waals surface area contributed by atoms with E-state index in [1.807, 2.05) is 0 Å². The number of hydrogen-bond donors (Lipinski definition) is 11. The molecular weight excluding hydrogens is 410 g/mol. The van der Waals surface area contributed by atoms with Gasteiger partial charge in [0.25, 0.3) is 0 Å². The molecule has 14 heteroatoms. The van der Waals surface area contributed by atoms with Gasteiger partial charge in [-0.05, 0) is 26.3 Å². The van der Waals surface area contributed by atoms with Crippen molar-refractivity contribution < 1.29 is 55.2 Å². The van der Waals surface area contributed by atoms with Gasteiger partial charge in [-0.2, -0.15) is 0 Å². The molecule has 0 spiro atoms. The predicted molar refractivity (Wildman–Crippen MR) is 103 cm³/mol. The predicted octanol–water partition coefficient (Wildman–Crippen LogP) is -5.07. The third kappa shape index (κ3) is 17.1. The molecule has 0 fully saturated rings. The second-order valence-corrected chi connectivity index (χ2v) is 6.19. The van der Waals surface area contributed by atoms with Crippen molar-refractivity contribution in [2.75, 3.05) is 13.2 Å². The van der Waals surface area contributed by atoms with E-state index in [9.17, 15) is 14.4 Å². The van der Waals surface area contributed by atoms with Gasteiger partial charge >= 0.3 is 11.9 Å². The molecule has 0 saturated heterocycles. The van der Waals surface area contributed by atoms with Crippen LogP contribution in [-0.4, -0.2) is 115 Å². The Balaban J connectivity index is -0.000000372. The number of carbonyl (C=O) groups excluding carboxylic acids is 1. The van der Waals surface area contributed by atoms with E-state index in [4.69, 9.17) is 58.1 Å². The third-order valence-electron chi connectivity index (χ3n) is 3.51. The molecule has 0 aliphatic rings. The third-order valence-corrected chi connectivity index (χ3v) is 3.51. The van der Waals surface area contributed by atoms with Gasteiger partial charge < -0.3 is 62.8 Å². The molecule has 0 saturated carbocycles. The minimum atomic E-state index is -1.79. The maximum atomic E-state index is 10.1. The van der Waals surface area contributed by atoms with E-state index >= 15 is 0 Å². The number of unbranched alkanes of at least 4 members (excludes halogenated alkanes) is 1. The Morgan fingerprint density at radius 3 is 1.70 bits per heavy atom. The van der Waals surface area contributed by atoms with Crippen LogP contribution in [0, 0.1) is 0 Å². The Labute approximate surface area is 173 Å². The highest BCUT2D eigenvalue weighted by Gasteiger charge is 2.29. The van der Waals surface area contributed by atoms with Gasteiger partial charge in [0.15, 0.2) is 6.29 Å². The first kappa shape index (κ1) is 32.9. The molecule has 0 aliphatic heterocycles. The van der Waals surface area contributed by atoms with E-state index in [1.54, 1.807) is 0 Å². The standard InChI is InChI=1S/C6H14N2O2.C6H12O6.C4H9NO3/c7-4-2-1-3-5(8)6(9)10;7-1-3(9)5(11)6(12)4(10)2-8;1-2(6)3(5)4(7)8/h5H,1-4,7-8H2,(H,9,10);1,3-6,8-12H,2H2;2-3,6H,5H2,1H3,(H,7,8)/t5-;3-,4+,5+,6+;2-,3+/m001/s1. The Kier molecular flexibility index (Phi) is 21.1.